The number of carbonyl (C=O) groups is 3. The quantitative estimate of drug-likeness (QED) is 0.475. The lowest BCUT2D eigenvalue weighted by Crippen LogP contribution is -2.25. The van der Waals surface area contributed by atoms with Crippen LogP contribution in [0.5, 0.6) is 0 Å². The molecule has 0 saturated carbocycles. The Kier molecular flexibility index (Phi) is 11.3. The Labute approximate surface area is 191 Å². The Balaban J connectivity index is 3.00. The van der Waals surface area contributed by atoms with Crippen LogP contribution in [0.25, 0.3) is 0 Å². The van der Waals surface area contributed by atoms with Crippen LogP contribution in [0.2, 0.25) is 0 Å². The molecule has 0 saturated heterocycles. The van der Waals surface area contributed by atoms with Gasteiger partial charge in [0.2, 0.25) is 0 Å². The van der Waals surface area contributed by atoms with Gasteiger partial charge in [-0.05, 0) is 37.5 Å². The van der Waals surface area contributed by atoms with E-state index in [0.717, 1.165) is 16.7 Å². The highest BCUT2D eigenvalue weighted by Crippen LogP contribution is 2.13. The third-order valence-corrected chi connectivity index (χ3v) is 5.05. The molecule has 0 atom stereocenters. The third kappa shape index (κ3) is 8.61. The molecule has 30 heavy (non-hydrogen) atoms. The highest BCUT2D eigenvalue weighted by Gasteiger charge is 2.10. The maximum absolute atomic E-state index is 11.9. The van der Waals surface area contributed by atoms with Crippen molar-refractivity contribution in [3.05, 3.63) is 68.2 Å². The maximum atomic E-state index is 11.9. The Morgan fingerprint density at radius 3 is 1.07 bits per heavy atom. The summed E-state index contributed by atoms with van der Waals surface area (Å²) in [5, 5.41) is 8.41. The summed E-state index contributed by atoms with van der Waals surface area (Å²) in [7, 11) is 0. The number of amides is 3. The first-order valence-electron chi connectivity index (χ1n) is 9.13. The molecular weight excluding hydrogens is 449 g/mol. The summed E-state index contributed by atoms with van der Waals surface area (Å²) in [6.07, 6.45) is 4.50. The van der Waals surface area contributed by atoms with E-state index in [0.29, 0.717) is 0 Å². The van der Waals surface area contributed by atoms with Gasteiger partial charge < -0.3 is 16.0 Å². The van der Waals surface area contributed by atoms with Crippen LogP contribution in [-0.2, 0) is 34.0 Å². The molecule has 0 fully saturated rings. The zero-order valence-corrected chi connectivity index (χ0v) is 19.2. The van der Waals surface area contributed by atoms with Crippen molar-refractivity contribution in [1.29, 1.82) is 0 Å². The van der Waals surface area contributed by atoms with Crippen LogP contribution >= 0.6 is 34.8 Å². The second kappa shape index (κ2) is 13.1. The van der Waals surface area contributed by atoms with E-state index < -0.39 is 17.7 Å². The van der Waals surface area contributed by atoms with Crippen LogP contribution in [0.4, 0.5) is 0 Å². The number of halogens is 3. The first kappa shape index (κ1) is 25.8. The van der Waals surface area contributed by atoms with Crippen molar-refractivity contribution in [3.63, 3.8) is 0 Å². The lowest BCUT2D eigenvalue weighted by Gasteiger charge is -2.12. The van der Waals surface area contributed by atoms with Gasteiger partial charge in [-0.1, -0.05) is 71.2 Å². The summed E-state index contributed by atoms with van der Waals surface area (Å²) < 4.78 is 0. The van der Waals surface area contributed by atoms with Crippen molar-refractivity contribution in [3.8, 4) is 0 Å². The minimum atomic E-state index is -0.396. The lowest BCUT2D eigenvalue weighted by molar-refractivity contribution is -0.117. The molecule has 0 heterocycles. The molecule has 0 spiro atoms. The van der Waals surface area contributed by atoms with Gasteiger partial charge in [-0.3, -0.25) is 14.4 Å². The molecular formula is C21H24Cl3N3O3. The van der Waals surface area contributed by atoms with E-state index >= 15 is 0 Å². The topological polar surface area (TPSA) is 87.3 Å². The van der Waals surface area contributed by atoms with Gasteiger partial charge in [-0.15, -0.1) is 0 Å². The zero-order chi connectivity index (χ0) is 22.7. The van der Waals surface area contributed by atoms with E-state index in [9.17, 15) is 14.4 Å². The van der Waals surface area contributed by atoms with E-state index in [1.165, 1.54) is 18.2 Å². The molecule has 1 aromatic carbocycles. The average Bonchev–Trinajstić information content (AvgIpc) is 2.77. The number of rotatable bonds is 9. The summed E-state index contributed by atoms with van der Waals surface area (Å²) in [5.74, 6) is -1.19. The third-order valence-electron chi connectivity index (χ3n) is 3.88. The molecule has 0 aliphatic rings. The molecule has 1 aromatic rings. The normalized spacial score (nSPS) is 12.4. The van der Waals surface area contributed by atoms with Gasteiger partial charge >= 0.3 is 0 Å². The number of hydrogen-bond donors (Lipinski definition) is 3. The van der Waals surface area contributed by atoms with Gasteiger partial charge in [0.1, 0.15) is 15.1 Å². The number of allylic oxidation sites excluding steroid dienone is 3. The van der Waals surface area contributed by atoms with Crippen molar-refractivity contribution in [2.24, 2.45) is 0 Å². The van der Waals surface area contributed by atoms with E-state index in [-0.39, 0.29) is 34.7 Å². The number of carbonyl (C=O) groups excluding carboxylic acids is 3. The molecule has 0 radical (unpaired) electrons. The van der Waals surface area contributed by atoms with Crippen molar-refractivity contribution in [1.82, 2.24) is 16.0 Å². The fraction of sp³-hybridized carbons (Fsp3) is 0.286. The predicted octanol–water partition coefficient (Wildman–Crippen LogP) is 3.96. The molecule has 1 rings (SSSR count). The molecule has 3 amide bonds. The minimum absolute atomic E-state index is 0.0906. The van der Waals surface area contributed by atoms with Gasteiger partial charge in [0.15, 0.2) is 0 Å². The maximum Gasteiger partial charge on any atom is 0.262 e. The lowest BCUT2D eigenvalue weighted by atomic mass is 10.0. The van der Waals surface area contributed by atoms with Crippen LogP contribution < -0.4 is 16.0 Å². The molecule has 0 bridgehead atoms. The monoisotopic (exact) mass is 471 g/mol. The average molecular weight is 473 g/mol. The first-order chi connectivity index (χ1) is 14.2. The van der Waals surface area contributed by atoms with Crippen LogP contribution in [0.1, 0.15) is 37.5 Å². The Morgan fingerprint density at radius 2 is 0.867 bits per heavy atom. The highest BCUT2D eigenvalue weighted by atomic mass is 35.5. The summed E-state index contributed by atoms with van der Waals surface area (Å²) >= 11 is 17.5. The summed E-state index contributed by atoms with van der Waals surface area (Å²) in [6.45, 7) is 5.65. The fourth-order valence-corrected chi connectivity index (χ4v) is 2.54. The molecule has 3 N–H and O–H groups in total. The zero-order valence-electron chi connectivity index (χ0n) is 16.9. The second-order valence-electron chi connectivity index (χ2n) is 6.12. The highest BCUT2D eigenvalue weighted by molar-refractivity contribution is 6.42. The largest absolute Gasteiger partial charge is 0.347 e. The molecule has 162 valence electrons. The molecule has 0 aliphatic carbocycles. The van der Waals surface area contributed by atoms with E-state index in [4.69, 9.17) is 34.8 Å². The molecule has 0 aromatic heterocycles. The first-order valence-corrected chi connectivity index (χ1v) is 10.3. The van der Waals surface area contributed by atoms with Crippen molar-refractivity contribution < 1.29 is 14.4 Å². The molecule has 9 heteroatoms. The standard InChI is InChI=1S/C21H24Cl3N3O3/c1-4-16(22)19(28)25-10-13-7-14(11-26-20(29)17(23)5-2)9-15(8-13)12-27-21(30)18(24)6-3/h4-9H,10-12H2,1-3H3,(H,25,28)(H,26,29)(H,27,30). The number of nitrogens with one attached hydrogen (secondary N) is 3. The Bertz CT molecular complexity index is 766. The summed E-state index contributed by atoms with van der Waals surface area (Å²) in [5.41, 5.74) is 2.32. The smallest absolute Gasteiger partial charge is 0.262 e. The summed E-state index contributed by atoms with van der Waals surface area (Å²) in [4.78, 5) is 35.7. The van der Waals surface area contributed by atoms with Gasteiger partial charge in [-0.25, -0.2) is 0 Å². The van der Waals surface area contributed by atoms with Gasteiger partial charge in [0.05, 0.1) is 0 Å². The van der Waals surface area contributed by atoms with Gasteiger partial charge in [0.25, 0.3) is 17.7 Å². The second-order valence-corrected chi connectivity index (χ2v) is 7.34. The number of hydrogen-bond acceptors (Lipinski definition) is 3. The SMILES string of the molecule is CC=C(Cl)C(=O)NCc1cc(CNC(=O)C(Cl)=CC)cc(CNC(=O)C(Cl)=CC)c1. The van der Waals surface area contributed by atoms with Gasteiger partial charge in [-0.2, -0.15) is 0 Å². The Hall–Kier alpha value is -2.28. The molecule has 0 unspecified atom stereocenters. The predicted molar refractivity (Wildman–Crippen MR) is 121 cm³/mol. The molecule has 6 nitrogen and oxygen atoms in total. The summed E-state index contributed by atoms with van der Waals surface area (Å²) in [6, 6.07) is 5.49. The van der Waals surface area contributed by atoms with Crippen molar-refractivity contribution in [2.45, 2.75) is 40.4 Å². The van der Waals surface area contributed by atoms with Crippen LogP contribution in [0.15, 0.2) is 51.5 Å². The van der Waals surface area contributed by atoms with E-state index in [1.807, 2.05) is 18.2 Å². The fourth-order valence-electron chi connectivity index (χ4n) is 2.34. The van der Waals surface area contributed by atoms with E-state index in [2.05, 4.69) is 16.0 Å². The van der Waals surface area contributed by atoms with Crippen molar-refractivity contribution in [2.75, 3.05) is 0 Å². The Morgan fingerprint density at radius 1 is 0.633 bits per heavy atom. The van der Waals surface area contributed by atoms with E-state index in [1.54, 1.807) is 20.8 Å². The van der Waals surface area contributed by atoms with Crippen LogP contribution in [-0.4, -0.2) is 17.7 Å². The van der Waals surface area contributed by atoms with Crippen molar-refractivity contribution >= 4 is 52.5 Å². The minimum Gasteiger partial charge on any atom is -0.347 e. The van der Waals surface area contributed by atoms with Crippen LogP contribution in [0.3, 0.4) is 0 Å². The molecule has 0 aliphatic heterocycles. The van der Waals surface area contributed by atoms with Gasteiger partial charge in [0, 0.05) is 19.6 Å². The van der Waals surface area contributed by atoms with Crippen LogP contribution in [0, 0.1) is 0 Å². The number of benzene rings is 1.